The van der Waals surface area contributed by atoms with E-state index >= 15 is 0 Å². The molecule has 8 nitrogen and oxygen atoms in total. The number of nitrogens with zero attached hydrogens (tertiary/aromatic N) is 2. The minimum atomic E-state index is -0.255. The summed E-state index contributed by atoms with van der Waals surface area (Å²) in [6.07, 6.45) is 1.56. The van der Waals surface area contributed by atoms with Crippen molar-refractivity contribution < 1.29 is 19.0 Å². The molecule has 3 rings (SSSR count). The second-order valence-electron chi connectivity index (χ2n) is 5.97. The number of aryl methyl sites for hydroxylation is 1. The van der Waals surface area contributed by atoms with Crippen LogP contribution in [-0.4, -0.2) is 36.8 Å². The highest BCUT2D eigenvalue weighted by Crippen LogP contribution is 2.39. The highest BCUT2D eigenvalue weighted by atomic mass is 16.5. The lowest BCUT2D eigenvalue weighted by atomic mass is 10.2. The van der Waals surface area contributed by atoms with Crippen LogP contribution >= 0.6 is 0 Å². The number of hydrogen-bond acceptors (Lipinski definition) is 6. The molecule has 3 aromatic rings. The molecule has 0 aliphatic carbocycles. The van der Waals surface area contributed by atoms with Crippen molar-refractivity contribution in [3.63, 3.8) is 0 Å². The third-order valence-corrected chi connectivity index (χ3v) is 4.26. The van der Waals surface area contributed by atoms with Crippen LogP contribution in [0.2, 0.25) is 0 Å². The third kappa shape index (κ3) is 3.90. The summed E-state index contributed by atoms with van der Waals surface area (Å²) in [4.78, 5) is 29.1. The van der Waals surface area contributed by atoms with Gasteiger partial charge in [0.15, 0.2) is 11.5 Å². The number of carbonyl (C=O) groups excluding carboxylic acids is 1. The summed E-state index contributed by atoms with van der Waals surface area (Å²) in [5, 5.41) is 3.30. The molecule has 0 unspecified atom stereocenters. The zero-order valence-corrected chi connectivity index (χ0v) is 15.9. The summed E-state index contributed by atoms with van der Waals surface area (Å²) < 4.78 is 17.2. The average Bonchev–Trinajstić information content (AvgIpc) is 2.72. The van der Waals surface area contributed by atoms with Crippen LogP contribution in [0.5, 0.6) is 17.2 Å². The minimum Gasteiger partial charge on any atom is -0.493 e. The second kappa shape index (κ2) is 8.43. The van der Waals surface area contributed by atoms with E-state index in [0.717, 1.165) is 0 Å². The molecule has 1 N–H and O–H groups in total. The largest absolute Gasteiger partial charge is 0.493 e. The highest BCUT2D eigenvalue weighted by molar-refractivity contribution is 5.91. The lowest BCUT2D eigenvalue weighted by Crippen LogP contribution is -2.23. The molecule has 0 aliphatic rings. The standard InChI is InChI=1S/C20H21N3O5/c1-26-16-10-13(11-17(27-2)19(16)28-3)22-18(24)8-9-23-12-21-15-7-5-4-6-14(15)20(23)25/h4-7,10-12H,8-9H2,1-3H3,(H,22,24). The van der Waals surface area contributed by atoms with Gasteiger partial charge in [-0.05, 0) is 12.1 Å². The fourth-order valence-corrected chi connectivity index (χ4v) is 2.86. The number of fused-ring (bicyclic) bond motifs is 1. The van der Waals surface area contributed by atoms with Crippen molar-refractivity contribution in [3.8, 4) is 17.2 Å². The first kappa shape index (κ1) is 19.2. The van der Waals surface area contributed by atoms with Crippen molar-refractivity contribution in [2.45, 2.75) is 13.0 Å². The monoisotopic (exact) mass is 383 g/mol. The van der Waals surface area contributed by atoms with Gasteiger partial charge in [0, 0.05) is 30.8 Å². The topological polar surface area (TPSA) is 91.7 Å². The Balaban J connectivity index is 1.73. The summed E-state index contributed by atoms with van der Waals surface area (Å²) in [7, 11) is 4.51. The van der Waals surface area contributed by atoms with E-state index in [2.05, 4.69) is 10.3 Å². The predicted molar refractivity (Wildman–Crippen MR) is 105 cm³/mol. The van der Waals surface area contributed by atoms with Crippen LogP contribution in [0, 0.1) is 0 Å². The molecule has 1 aromatic heterocycles. The molecule has 0 saturated heterocycles. The van der Waals surface area contributed by atoms with Gasteiger partial charge >= 0.3 is 0 Å². The van der Waals surface area contributed by atoms with Crippen molar-refractivity contribution in [2.24, 2.45) is 0 Å². The molecule has 0 spiro atoms. The third-order valence-electron chi connectivity index (χ3n) is 4.26. The van der Waals surface area contributed by atoms with Crippen LogP contribution in [0.1, 0.15) is 6.42 Å². The summed E-state index contributed by atoms with van der Waals surface area (Å²) in [6.45, 7) is 0.215. The Hall–Kier alpha value is -3.55. The van der Waals surface area contributed by atoms with Gasteiger partial charge in [0.05, 0.1) is 38.6 Å². The lowest BCUT2D eigenvalue weighted by Gasteiger charge is -2.14. The molecule has 0 aliphatic heterocycles. The summed E-state index contributed by atoms with van der Waals surface area (Å²) in [5.74, 6) is 1.06. The Kier molecular flexibility index (Phi) is 5.78. The smallest absolute Gasteiger partial charge is 0.261 e. The SMILES string of the molecule is COc1cc(NC(=O)CCn2cnc3ccccc3c2=O)cc(OC)c1OC. The maximum Gasteiger partial charge on any atom is 0.261 e. The van der Waals surface area contributed by atoms with Crippen molar-refractivity contribution in [1.82, 2.24) is 9.55 Å². The summed E-state index contributed by atoms with van der Waals surface area (Å²) in [5.41, 5.74) is 0.959. The number of methoxy groups -OCH3 is 3. The molecule has 1 amide bonds. The molecule has 0 bridgehead atoms. The first-order chi connectivity index (χ1) is 13.6. The first-order valence-corrected chi connectivity index (χ1v) is 8.61. The van der Waals surface area contributed by atoms with E-state index in [1.807, 2.05) is 6.07 Å². The fraction of sp³-hybridized carbons (Fsp3) is 0.250. The number of hydrogen-bond donors (Lipinski definition) is 1. The Morgan fingerprint density at radius 2 is 1.75 bits per heavy atom. The van der Waals surface area contributed by atoms with Crippen LogP contribution in [0.15, 0.2) is 47.5 Å². The molecule has 0 radical (unpaired) electrons. The molecule has 0 atom stereocenters. The molecule has 28 heavy (non-hydrogen) atoms. The number of ether oxygens (including phenoxy) is 3. The van der Waals surface area contributed by atoms with Crippen molar-refractivity contribution in [1.29, 1.82) is 0 Å². The van der Waals surface area contributed by atoms with E-state index in [0.29, 0.717) is 33.8 Å². The number of rotatable bonds is 7. The minimum absolute atomic E-state index is 0.108. The van der Waals surface area contributed by atoms with Crippen LogP contribution in [0.3, 0.4) is 0 Å². The molecular formula is C20H21N3O5. The van der Waals surface area contributed by atoms with Gasteiger partial charge in [-0.15, -0.1) is 0 Å². The van der Waals surface area contributed by atoms with Crippen molar-refractivity contribution in [3.05, 3.63) is 53.1 Å². The maximum atomic E-state index is 12.5. The fourth-order valence-electron chi connectivity index (χ4n) is 2.86. The van der Waals surface area contributed by atoms with E-state index < -0.39 is 0 Å². The van der Waals surface area contributed by atoms with Gasteiger partial charge < -0.3 is 19.5 Å². The number of carbonyl (C=O) groups is 1. The van der Waals surface area contributed by atoms with E-state index in [-0.39, 0.29) is 24.4 Å². The molecule has 0 fully saturated rings. The second-order valence-corrected chi connectivity index (χ2v) is 5.97. The molecule has 146 valence electrons. The van der Waals surface area contributed by atoms with Gasteiger partial charge in [0.1, 0.15) is 0 Å². The van der Waals surface area contributed by atoms with E-state index in [1.165, 1.54) is 32.2 Å². The molecule has 8 heteroatoms. The number of benzene rings is 2. The maximum absolute atomic E-state index is 12.5. The Morgan fingerprint density at radius 3 is 2.39 bits per heavy atom. The van der Waals surface area contributed by atoms with Gasteiger partial charge in [-0.25, -0.2) is 4.98 Å². The lowest BCUT2D eigenvalue weighted by molar-refractivity contribution is -0.116. The van der Waals surface area contributed by atoms with Crippen molar-refractivity contribution in [2.75, 3.05) is 26.6 Å². The van der Waals surface area contributed by atoms with Gasteiger partial charge in [-0.2, -0.15) is 0 Å². The van der Waals surface area contributed by atoms with Crippen LogP contribution in [0.25, 0.3) is 10.9 Å². The van der Waals surface area contributed by atoms with E-state index in [1.54, 1.807) is 30.3 Å². The summed E-state index contributed by atoms with van der Waals surface area (Å²) in [6, 6.07) is 10.4. The van der Waals surface area contributed by atoms with Crippen molar-refractivity contribution >= 4 is 22.5 Å². The van der Waals surface area contributed by atoms with Gasteiger partial charge in [0.2, 0.25) is 11.7 Å². The first-order valence-electron chi connectivity index (χ1n) is 8.61. The van der Waals surface area contributed by atoms with Crippen LogP contribution < -0.4 is 25.1 Å². The normalized spacial score (nSPS) is 10.5. The predicted octanol–water partition coefficient (Wildman–Crippen LogP) is 2.45. The quantitative estimate of drug-likeness (QED) is 0.674. The van der Waals surface area contributed by atoms with Gasteiger partial charge in [-0.3, -0.25) is 14.2 Å². The van der Waals surface area contributed by atoms with Gasteiger partial charge in [0.25, 0.3) is 5.56 Å². The van der Waals surface area contributed by atoms with Crippen LogP contribution in [-0.2, 0) is 11.3 Å². The number of anilines is 1. The Labute approximate surface area is 161 Å². The Morgan fingerprint density at radius 1 is 1.07 bits per heavy atom. The summed E-state index contributed by atoms with van der Waals surface area (Å²) >= 11 is 0. The molecule has 2 aromatic carbocycles. The van der Waals surface area contributed by atoms with E-state index in [4.69, 9.17) is 14.2 Å². The molecule has 1 heterocycles. The molecular weight excluding hydrogens is 362 g/mol. The number of para-hydroxylation sites is 1. The van der Waals surface area contributed by atoms with Crippen LogP contribution in [0.4, 0.5) is 5.69 Å². The highest BCUT2D eigenvalue weighted by Gasteiger charge is 2.14. The number of aromatic nitrogens is 2. The Bertz CT molecular complexity index is 1040. The average molecular weight is 383 g/mol. The number of nitrogens with one attached hydrogen (secondary N) is 1. The number of amides is 1. The molecule has 0 saturated carbocycles. The van der Waals surface area contributed by atoms with E-state index in [9.17, 15) is 9.59 Å². The zero-order valence-electron chi connectivity index (χ0n) is 15.9. The van der Waals surface area contributed by atoms with Gasteiger partial charge in [-0.1, -0.05) is 12.1 Å². The zero-order chi connectivity index (χ0) is 20.1.